The first-order valence-corrected chi connectivity index (χ1v) is 9.21. The van der Waals surface area contributed by atoms with Gasteiger partial charge in [-0.15, -0.1) is 0 Å². The van der Waals surface area contributed by atoms with E-state index in [-0.39, 0.29) is 22.3 Å². The molecule has 3 N–H and O–H groups in total. The molecule has 0 radical (unpaired) electrons. The zero-order valence-corrected chi connectivity index (χ0v) is 16.2. The van der Waals surface area contributed by atoms with Crippen molar-refractivity contribution in [2.24, 2.45) is 0 Å². The molecule has 0 unspecified atom stereocenters. The monoisotopic (exact) mass is 442 g/mol. The Kier molecular flexibility index (Phi) is 5.17. The maximum Gasteiger partial charge on any atom is 0.511 e. The Morgan fingerprint density at radius 1 is 0.969 bits per heavy atom. The van der Waals surface area contributed by atoms with Gasteiger partial charge in [-0.05, 0) is 29.8 Å². The van der Waals surface area contributed by atoms with Gasteiger partial charge in [0.2, 0.25) is 0 Å². The normalized spacial score (nSPS) is 11.5. The van der Waals surface area contributed by atoms with Crippen molar-refractivity contribution in [3.8, 4) is 28.1 Å². The summed E-state index contributed by atoms with van der Waals surface area (Å²) in [5.41, 5.74) is 6.43. The fourth-order valence-corrected chi connectivity index (χ4v) is 3.35. The summed E-state index contributed by atoms with van der Waals surface area (Å²) in [5.74, 6) is -0.844. The number of hydrogen-bond donors (Lipinski definition) is 2. The molecule has 0 bridgehead atoms. The fraction of sp³-hybridized carbons (Fsp3) is 0.0435. The smallest absolute Gasteiger partial charge is 0.449 e. The van der Waals surface area contributed by atoms with Crippen molar-refractivity contribution >= 4 is 22.7 Å². The van der Waals surface area contributed by atoms with Gasteiger partial charge in [-0.2, -0.15) is 13.2 Å². The summed E-state index contributed by atoms with van der Waals surface area (Å²) < 4.78 is 58.2. The molecule has 9 heteroatoms. The van der Waals surface area contributed by atoms with Gasteiger partial charge in [0, 0.05) is 16.5 Å². The van der Waals surface area contributed by atoms with E-state index in [0.717, 1.165) is 18.2 Å². The van der Waals surface area contributed by atoms with Crippen LogP contribution < -0.4 is 10.5 Å². The van der Waals surface area contributed by atoms with Gasteiger partial charge in [-0.1, -0.05) is 42.5 Å². The summed E-state index contributed by atoms with van der Waals surface area (Å²) in [4.78, 5) is 15.5. The Hall–Kier alpha value is -4.14. The molecule has 0 saturated carbocycles. The molecule has 0 aliphatic rings. The van der Waals surface area contributed by atoms with E-state index in [9.17, 15) is 22.4 Å². The van der Waals surface area contributed by atoms with Gasteiger partial charge in [0.1, 0.15) is 11.5 Å². The van der Waals surface area contributed by atoms with E-state index in [0.29, 0.717) is 16.7 Å². The molecule has 4 rings (SSSR count). The summed E-state index contributed by atoms with van der Waals surface area (Å²) in [6, 6.07) is 15.4. The molecule has 0 amide bonds. The van der Waals surface area contributed by atoms with Crippen LogP contribution in [-0.4, -0.2) is 16.2 Å². The van der Waals surface area contributed by atoms with Gasteiger partial charge >= 0.3 is 12.3 Å². The second-order valence-corrected chi connectivity index (χ2v) is 6.86. The van der Waals surface area contributed by atoms with E-state index < -0.39 is 29.5 Å². The highest BCUT2D eigenvalue weighted by atomic mass is 19.4. The second kappa shape index (κ2) is 7.84. The number of nitrogen functional groups attached to an aromatic ring is 1. The van der Waals surface area contributed by atoms with Crippen molar-refractivity contribution in [2.45, 2.75) is 6.18 Å². The molecule has 162 valence electrons. The number of pyridine rings is 1. The van der Waals surface area contributed by atoms with E-state index in [1.807, 2.05) is 0 Å². The number of alkyl halides is 3. The summed E-state index contributed by atoms with van der Waals surface area (Å²) in [5, 5.41) is 8.89. The fourth-order valence-electron chi connectivity index (χ4n) is 3.35. The average molecular weight is 442 g/mol. The number of aromatic nitrogens is 1. The number of fused-ring (bicyclic) bond motifs is 1. The lowest BCUT2D eigenvalue weighted by Gasteiger charge is -2.15. The SMILES string of the molecule is Nc1c(-c2ccc(-c3ccccc3F)cc2)nc2ccc(C(F)(F)F)cc2c1OC(=O)O. The van der Waals surface area contributed by atoms with Crippen LogP contribution in [0.5, 0.6) is 5.75 Å². The Morgan fingerprint density at radius 3 is 2.25 bits per heavy atom. The van der Waals surface area contributed by atoms with E-state index in [4.69, 9.17) is 15.6 Å². The molecule has 0 aliphatic heterocycles. The van der Waals surface area contributed by atoms with E-state index >= 15 is 0 Å². The quantitative estimate of drug-likeness (QED) is 0.285. The Balaban J connectivity index is 1.86. The number of benzene rings is 3. The third-order valence-corrected chi connectivity index (χ3v) is 4.83. The van der Waals surface area contributed by atoms with E-state index in [1.165, 1.54) is 6.07 Å². The van der Waals surface area contributed by atoms with E-state index in [2.05, 4.69) is 4.98 Å². The van der Waals surface area contributed by atoms with Gasteiger partial charge in [0.25, 0.3) is 0 Å². The number of hydrogen-bond acceptors (Lipinski definition) is 4. The Labute approximate surface area is 178 Å². The first-order valence-electron chi connectivity index (χ1n) is 9.21. The topological polar surface area (TPSA) is 85.4 Å². The molecule has 0 aliphatic carbocycles. The maximum absolute atomic E-state index is 14.0. The number of ether oxygens (including phenoxy) is 1. The zero-order chi connectivity index (χ0) is 23.0. The highest BCUT2D eigenvalue weighted by Gasteiger charge is 2.31. The number of carbonyl (C=O) groups is 1. The standard InChI is InChI=1S/C23H14F4N2O3/c24-17-4-2-1-3-15(17)12-5-7-13(8-6-12)20-19(28)21(32-22(30)31)16-11-14(23(25,26)27)9-10-18(16)29-20/h1-11H,28H2,(H,30,31). The molecule has 32 heavy (non-hydrogen) atoms. The third-order valence-electron chi connectivity index (χ3n) is 4.83. The van der Waals surface area contributed by atoms with Crippen molar-refractivity contribution < 1.29 is 32.2 Å². The average Bonchev–Trinajstić information content (AvgIpc) is 2.75. The van der Waals surface area contributed by atoms with Crippen LogP contribution in [0.15, 0.2) is 66.7 Å². The maximum atomic E-state index is 14.0. The summed E-state index contributed by atoms with van der Waals surface area (Å²) in [6.07, 6.45) is -6.38. The Morgan fingerprint density at radius 2 is 1.62 bits per heavy atom. The predicted octanol–water partition coefficient (Wildman–Crippen LogP) is 6.37. The molecule has 1 aromatic heterocycles. The van der Waals surface area contributed by atoms with Gasteiger partial charge in [-0.25, -0.2) is 14.2 Å². The minimum Gasteiger partial charge on any atom is -0.449 e. The lowest BCUT2D eigenvalue weighted by atomic mass is 10.0. The van der Waals surface area contributed by atoms with Crippen LogP contribution in [0.1, 0.15) is 5.56 Å². The molecule has 0 atom stereocenters. The van der Waals surface area contributed by atoms with E-state index in [1.54, 1.807) is 42.5 Å². The number of halogens is 4. The number of carboxylic acid groups (broad SMARTS) is 1. The van der Waals surface area contributed by atoms with Crippen molar-refractivity contribution in [2.75, 3.05) is 5.73 Å². The lowest BCUT2D eigenvalue weighted by Crippen LogP contribution is -2.09. The molecular formula is C23H14F4N2O3. The Bertz CT molecular complexity index is 1340. The van der Waals surface area contributed by atoms with Gasteiger partial charge in [0.15, 0.2) is 5.75 Å². The zero-order valence-electron chi connectivity index (χ0n) is 16.2. The first-order chi connectivity index (χ1) is 15.1. The lowest BCUT2D eigenvalue weighted by molar-refractivity contribution is -0.137. The highest BCUT2D eigenvalue weighted by molar-refractivity contribution is 5.97. The molecular weight excluding hydrogens is 428 g/mol. The number of nitrogens with zero attached hydrogens (tertiary/aromatic N) is 1. The number of anilines is 1. The van der Waals surface area contributed by atoms with Crippen LogP contribution in [0.3, 0.4) is 0 Å². The molecule has 0 spiro atoms. The van der Waals surface area contributed by atoms with Crippen LogP contribution in [0.2, 0.25) is 0 Å². The first kappa shape index (κ1) is 21.1. The second-order valence-electron chi connectivity index (χ2n) is 6.86. The minimum absolute atomic E-state index is 0.0663. The third kappa shape index (κ3) is 3.92. The molecule has 0 saturated heterocycles. The van der Waals surface area contributed by atoms with Crippen LogP contribution in [0.4, 0.5) is 28.0 Å². The predicted molar refractivity (Wildman–Crippen MR) is 111 cm³/mol. The summed E-state index contributed by atoms with van der Waals surface area (Å²) in [7, 11) is 0. The van der Waals surface area contributed by atoms with Gasteiger partial charge in [0.05, 0.1) is 16.8 Å². The number of nitrogens with two attached hydrogens (primary N) is 1. The van der Waals surface area contributed by atoms with Crippen LogP contribution in [-0.2, 0) is 6.18 Å². The van der Waals surface area contributed by atoms with Crippen LogP contribution in [0.25, 0.3) is 33.3 Å². The molecule has 4 aromatic rings. The largest absolute Gasteiger partial charge is 0.511 e. The molecule has 5 nitrogen and oxygen atoms in total. The van der Waals surface area contributed by atoms with Crippen molar-refractivity contribution in [3.63, 3.8) is 0 Å². The number of rotatable bonds is 3. The van der Waals surface area contributed by atoms with Crippen LogP contribution in [0, 0.1) is 5.82 Å². The van der Waals surface area contributed by atoms with Gasteiger partial charge in [-0.3, -0.25) is 0 Å². The summed E-state index contributed by atoms with van der Waals surface area (Å²) >= 11 is 0. The van der Waals surface area contributed by atoms with Crippen molar-refractivity contribution in [1.29, 1.82) is 0 Å². The van der Waals surface area contributed by atoms with Crippen molar-refractivity contribution in [1.82, 2.24) is 4.98 Å². The van der Waals surface area contributed by atoms with Gasteiger partial charge < -0.3 is 15.6 Å². The summed E-state index contributed by atoms with van der Waals surface area (Å²) in [6.45, 7) is 0. The van der Waals surface area contributed by atoms with Crippen molar-refractivity contribution in [3.05, 3.63) is 78.1 Å². The minimum atomic E-state index is -4.65. The van der Waals surface area contributed by atoms with Crippen LogP contribution >= 0.6 is 0 Å². The molecule has 1 heterocycles. The highest BCUT2D eigenvalue weighted by Crippen LogP contribution is 2.41. The molecule has 3 aromatic carbocycles. The molecule has 0 fully saturated rings.